The first-order valence-corrected chi connectivity index (χ1v) is 10.0. The fraction of sp³-hybridized carbons (Fsp3) is 0.632. The molecule has 1 atom stereocenters. The van der Waals surface area contributed by atoms with E-state index in [1.54, 1.807) is 0 Å². The molecule has 0 radical (unpaired) electrons. The number of piperazine rings is 1. The molecule has 5 nitrogen and oxygen atoms in total. The van der Waals surface area contributed by atoms with Gasteiger partial charge in [0.1, 0.15) is 6.67 Å². The van der Waals surface area contributed by atoms with Gasteiger partial charge in [0.2, 0.25) is 6.10 Å². The second-order valence-electron chi connectivity index (χ2n) is 7.26. The van der Waals surface area contributed by atoms with E-state index < -0.39 is 25.0 Å². The van der Waals surface area contributed by atoms with Gasteiger partial charge in [0, 0.05) is 62.1 Å². The van der Waals surface area contributed by atoms with Crippen LogP contribution in [0.2, 0.25) is 5.02 Å². The van der Waals surface area contributed by atoms with Crippen LogP contribution < -0.4 is 4.90 Å². The molecule has 0 saturated carbocycles. The van der Waals surface area contributed by atoms with Crippen molar-refractivity contribution in [3.63, 3.8) is 0 Å². The third-order valence-corrected chi connectivity index (χ3v) is 5.66. The Kier molecular flexibility index (Phi) is 7.10. The van der Waals surface area contributed by atoms with Gasteiger partial charge in [-0.3, -0.25) is 4.90 Å². The molecule has 2 saturated heterocycles. The van der Waals surface area contributed by atoms with Crippen molar-refractivity contribution in [3.8, 4) is 0 Å². The Balaban J connectivity index is 1.57. The summed E-state index contributed by atoms with van der Waals surface area (Å²) in [6, 6.07) is 5.82. The lowest BCUT2D eigenvalue weighted by atomic mass is 10.1. The first kappa shape index (κ1) is 22.0. The average Bonchev–Trinajstić information content (AvgIpc) is 3.21. The molecule has 1 unspecified atom stereocenters. The SMILES string of the molecule is O=C(OC(CF)C(F)(F)F)N1CCN(Cc2c(Cl)cccc2N2CCCC2)CC1. The number of carbonyl (C=O) groups is 1. The normalized spacial score (nSPS) is 19.5. The van der Waals surface area contributed by atoms with Gasteiger partial charge >= 0.3 is 12.3 Å². The first-order chi connectivity index (χ1) is 13.8. The van der Waals surface area contributed by atoms with Gasteiger partial charge in [0.05, 0.1) is 0 Å². The molecule has 0 spiro atoms. The minimum Gasteiger partial charge on any atom is -0.434 e. The highest BCUT2D eigenvalue weighted by Gasteiger charge is 2.44. The minimum absolute atomic E-state index is 0.208. The largest absolute Gasteiger partial charge is 0.434 e. The summed E-state index contributed by atoms with van der Waals surface area (Å²) in [5, 5.41) is 0.673. The van der Waals surface area contributed by atoms with Crippen molar-refractivity contribution < 1.29 is 27.1 Å². The molecule has 1 amide bonds. The van der Waals surface area contributed by atoms with Gasteiger partial charge in [0.25, 0.3) is 0 Å². The lowest BCUT2D eigenvalue weighted by Gasteiger charge is -2.35. The maximum Gasteiger partial charge on any atom is 0.428 e. The zero-order valence-corrected chi connectivity index (χ0v) is 16.7. The summed E-state index contributed by atoms with van der Waals surface area (Å²) in [7, 11) is 0. The average molecular weight is 438 g/mol. The summed E-state index contributed by atoms with van der Waals surface area (Å²) < 4.78 is 54.6. The number of benzene rings is 1. The number of hydrogen-bond donors (Lipinski definition) is 0. The van der Waals surface area contributed by atoms with E-state index in [0.29, 0.717) is 24.7 Å². The molecule has 1 aromatic rings. The maximum absolute atomic E-state index is 12.6. The minimum atomic E-state index is -4.91. The summed E-state index contributed by atoms with van der Waals surface area (Å²) in [5.41, 5.74) is 2.12. The molecule has 2 aliphatic rings. The predicted octanol–water partition coefficient (Wildman–Crippen LogP) is 4.09. The van der Waals surface area contributed by atoms with E-state index in [1.807, 2.05) is 18.2 Å². The van der Waals surface area contributed by atoms with Crippen LogP contribution >= 0.6 is 11.6 Å². The molecule has 2 heterocycles. The molecule has 0 bridgehead atoms. The van der Waals surface area contributed by atoms with Crippen molar-refractivity contribution in [1.82, 2.24) is 9.80 Å². The first-order valence-electron chi connectivity index (χ1n) is 9.62. The Morgan fingerprint density at radius 2 is 1.76 bits per heavy atom. The number of ether oxygens (including phenoxy) is 1. The van der Waals surface area contributed by atoms with Crippen LogP contribution in [0.1, 0.15) is 18.4 Å². The van der Waals surface area contributed by atoms with Crippen LogP contribution in [-0.4, -0.2) is 74.1 Å². The molecule has 1 aromatic carbocycles. The molecule has 162 valence electrons. The predicted molar refractivity (Wildman–Crippen MR) is 102 cm³/mol. The van der Waals surface area contributed by atoms with E-state index in [2.05, 4.69) is 14.5 Å². The number of rotatable bonds is 5. The van der Waals surface area contributed by atoms with Crippen molar-refractivity contribution in [3.05, 3.63) is 28.8 Å². The molecular formula is C19H24ClF4N3O2. The van der Waals surface area contributed by atoms with Gasteiger partial charge in [-0.1, -0.05) is 17.7 Å². The van der Waals surface area contributed by atoms with Crippen molar-refractivity contribution >= 4 is 23.4 Å². The zero-order valence-electron chi connectivity index (χ0n) is 15.9. The highest BCUT2D eigenvalue weighted by Crippen LogP contribution is 2.31. The summed E-state index contributed by atoms with van der Waals surface area (Å²) in [6.45, 7) is 2.12. The summed E-state index contributed by atoms with van der Waals surface area (Å²) in [4.78, 5) is 17.5. The summed E-state index contributed by atoms with van der Waals surface area (Å²) in [5.74, 6) is 0. The Hall–Kier alpha value is -1.74. The second kappa shape index (κ2) is 9.38. The molecule has 0 N–H and O–H groups in total. The van der Waals surface area contributed by atoms with Crippen LogP contribution in [0, 0.1) is 0 Å². The van der Waals surface area contributed by atoms with E-state index in [-0.39, 0.29) is 13.1 Å². The third-order valence-electron chi connectivity index (χ3n) is 5.30. The Morgan fingerprint density at radius 3 is 2.34 bits per heavy atom. The van der Waals surface area contributed by atoms with Crippen molar-refractivity contribution in [2.75, 3.05) is 50.8 Å². The van der Waals surface area contributed by atoms with E-state index in [0.717, 1.165) is 37.2 Å². The molecule has 0 aromatic heterocycles. The third kappa shape index (κ3) is 5.45. The molecule has 10 heteroatoms. The van der Waals surface area contributed by atoms with E-state index in [1.165, 1.54) is 4.90 Å². The van der Waals surface area contributed by atoms with Gasteiger partial charge in [-0.25, -0.2) is 9.18 Å². The molecule has 2 aliphatic heterocycles. The monoisotopic (exact) mass is 437 g/mol. The highest BCUT2D eigenvalue weighted by molar-refractivity contribution is 6.31. The van der Waals surface area contributed by atoms with Gasteiger partial charge < -0.3 is 14.5 Å². The van der Waals surface area contributed by atoms with E-state index >= 15 is 0 Å². The smallest absolute Gasteiger partial charge is 0.428 e. The number of halogens is 5. The Labute approximate surface area is 172 Å². The van der Waals surface area contributed by atoms with Crippen LogP contribution in [0.15, 0.2) is 18.2 Å². The fourth-order valence-corrected chi connectivity index (χ4v) is 3.88. The number of amides is 1. The highest BCUT2D eigenvalue weighted by atomic mass is 35.5. The number of alkyl halides is 4. The van der Waals surface area contributed by atoms with Crippen LogP contribution in [0.4, 0.5) is 28.0 Å². The lowest BCUT2D eigenvalue weighted by molar-refractivity contribution is -0.209. The van der Waals surface area contributed by atoms with Crippen LogP contribution in [0.5, 0.6) is 0 Å². The fourth-order valence-electron chi connectivity index (χ4n) is 3.65. The summed E-state index contributed by atoms with van der Waals surface area (Å²) >= 11 is 6.44. The summed E-state index contributed by atoms with van der Waals surface area (Å²) in [6.07, 6.45) is -6.49. The van der Waals surface area contributed by atoms with Crippen LogP contribution in [-0.2, 0) is 11.3 Å². The number of hydrogen-bond acceptors (Lipinski definition) is 4. The van der Waals surface area contributed by atoms with Gasteiger partial charge in [0.15, 0.2) is 0 Å². The topological polar surface area (TPSA) is 36.0 Å². The number of carbonyl (C=O) groups excluding carboxylic acids is 1. The van der Waals surface area contributed by atoms with Gasteiger partial charge in [-0.15, -0.1) is 0 Å². The second-order valence-corrected chi connectivity index (χ2v) is 7.67. The molecular weight excluding hydrogens is 414 g/mol. The molecule has 29 heavy (non-hydrogen) atoms. The standard InChI is InChI=1S/C19H24ClF4N3O2/c20-15-4-3-5-16(26-6-1-2-7-26)14(15)13-25-8-10-27(11-9-25)18(28)29-17(12-21)19(22,23)24/h3-5,17H,1-2,6-13H2. The molecule has 0 aliphatic carbocycles. The van der Waals surface area contributed by atoms with Crippen LogP contribution in [0.25, 0.3) is 0 Å². The Morgan fingerprint density at radius 1 is 1.10 bits per heavy atom. The van der Waals surface area contributed by atoms with E-state index in [9.17, 15) is 22.4 Å². The molecule has 2 fully saturated rings. The van der Waals surface area contributed by atoms with Gasteiger partial charge in [-0.05, 0) is 25.0 Å². The lowest BCUT2D eigenvalue weighted by Crippen LogP contribution is -2.50. The van der Waals surface area contributed by atoms with Crippen LogP contribution in [0.3, 0.4) is 0 Å². The number of anilines is 1. The van der Waals surface area contributed by atoms with Crippen molar-refractivity contribution in [1.29, 1.82) is 0 Å². The maximum atomic E-state index is 12.6. The van der Waals surface area contributed by atoms with E-state index in [4.69, 9.17) is 11.6 Å². The van der Waals surface area contributed by atoms with Crippen molar-refractivity contribution in [2.45, 2.75) is 31.7 Å². The van der Waals surface area contributed by atoms with Gasteiger partial charge in [-0.2, -0.15) is 13.2 Å². The molecule has 3 rings (SSSR count). The number of nitrogens with zero attached hydrogens (tertiary/aromatic N) is 3. The van der Waals surface area contributed by atoms with Crippen molar-refractivity contribution in [2.24, 2.45) is 0 Å². The zero-order chi connectivity index (χ0) is 21.0. The Bertz CT molecular complexity index is 705. The quantitative estimate of drug-likeness (QED) is 0.650.